The van der Waals surface area contributed by atoms with Crippen molar-refractivity contribution in [3.05, 3.63) is 77.9 Å². The van der Waals surface area contributed by atoms with Gasteiger partial charge in [-0.05, 0) is 68.1 Å². The molecule has 2 heterocycles. The molecule has 2 aliphatic rings. The summed E-state index contributed by atoms with van der Waals surface area (Å²) >= 11 is 0. The summed E-state index contributed by atoms with van der Waals surface area (Å²) in [5, 5.41) is 6.44. The molecule has 3 aromatic rings. The Labute approximate surface area is 243 Å². The molecule has 2 aliphatic heterocycles. The van der Waals surface area contributed by atoms with Crippen LogP contribution >= 0.6 is 0 Å². The van der Waals surface area contributed by atoms with E-state index in [4.69, 9.17) is 9.47 Å². The first-order chi connectivity index (χ1) is 19.6. The SMILES string of the molecule is C[C@@H](N[C@H]1CCN(c2ccc(CC(=O)OC3CCN(C(=O)OC(C)(C)C)CC3)cc2)C1)c1cccc2ccccc12. The van der Waals surface area contributed by atoms with Crippen molar-refractivity contribution < 1.29 is 19.1 Å². The fourth-order valence-electron chi connectivity index (χ4n) is 5.90. The minimum atomic E-state index is -0.514. The monoisotopic (exact) mass is 557 g/mol. The molecule has 2 atom stereocenters. The molecule has 218 valence electrons. The molecule has 0 bridgehead atoms. The molecule has 41 heavy (non-hydrogen) atoms. The van der Waals surface area contributed by atoms with Gasteiger partial charge in [-0.3, -0.25) is 4.79 Å². The zero-order valence-corrected chi connectivity index (χ0v) is 24.8. The Kier molecular flexibility index (Phi) is 8.83. The largest absolute Gasteiger partial charge is 0.462 e. The van der Waals surface area contributed by atoms with Crippen molar-refractivity contribution in [1.29, 1.82) is 0 Å². The van der Waals surface area contributed by atoms with E-state index in [1.165, 1.54) is 22.0 Å². The van der Waals surface area contributed by atoms with Gasteiger partial charge in [0.1, 0.15) is 11.7 Å². The molecule has 0 unspecified atom stereocenters. The summed E-state index contributed by atoms with van der Waals surface area (Å²) in [6.45, 7) is 10.9. The predicted octanol–water partition coefficient (Wildman–Crippen LogP) is 6.25. The van der Waals surface area contributed by atoms with Crippen LogP contribution in [0.3, 0.4) is 0 Å². The topological polar surface area (TPSA) is 71.1 Å². The van der Waals surface area contributed by atoms with Gasteiger partial charge in [0.05, 0.1) is 6.42 Å². The maximum atomic E-state index is 12.6. The number of benzene rings is 3. The summed E-state index contributed by atoms with van der Waals surface area (Å²) in [6.07, 6.45) is 2.14. The normalized spacial score (nSPS) is 18.9. The van der Waals surface area contributed by atoms with E-state index in [0.29, 0.717) is 32.0 Å². The Morgan fingerprint density at radius 2 is 1.63 bits per heavy atom. The number of esters is 1. The molecule has 7 heteroatoms. The molecule has 0 aromatic heterocycles. The van der Waals surface area contributed by atoms with Gasteiger partial charge in [0, 0.05) is 56.8 Å². The van der Waals surface area contributed by atoms with Crippen molar-refractivity contribution in [2.75, 3.05) is 31.1 Å². The molecule has 2 fully saturated rings. The number of carbonyl (C=O) groups excluding carboxylic acids is 2. The summed E-state index contributed by atoms with van der Waals surface area (Å²) in [4.78, 5) is 29.0. The second-order valence-corrected chi connectivity index (χ2v) is 12.4. The standard InChI is InChI=1S/C34H43N3O4/c1-24(30-11-7-9-26-8-5-6-10-31(26)30)35-27-16-19-37(23-27)28-14-12-25(13-15-28)22-32(38)40-29-17-20-36(21-18-29)33(39)41-34(2,3)4/h5-15,24,27,29,35H,16-23H2,1-4H3/t24-,27+/m1/s1. The van der Waals surface area contributed by atoms with Gasteiger partial charge in [-0.2, -0.15) is 0 Å². The average Bonchev–Trinajstić information content (AvgIpc) is 3.41. The number of likely N-dealkylation sites (tertiary alicyclic amines) is 1. The van der Waals surface area contributed by atoms with Gasteiger partial charge in [-0.25, -0.2) is 4.79 Å². The van der Waals surface area contributed by atoms with Crippen molar-refractivity contribution >= 4 is 28.5 Å². The van der Waals surface area contributed by atoms with Gasteiger partial charge in [-0.15, -0.1) is 0 Å². The van der Waals surface area contributed by atoms with Crippen LogP contribution in [0.15, 0.2) is 66.7 Å². The van der Waals surface area contributed by atoms with E-state index in [-0.39, 0.29) is 30.6 Å². The van der Waals surface area contributed by atoms with Gasteiger partial charge >= 0.3 is 12.1 Å². The number of hydrogen-bond acceptors (Lipinski definition) is 6. The molecule has 2 saturated heterocycles. The van der Waals surface area contributed by atoms with Crippen molar-refractivity contribution in [3.8, 4) is 0 Å². The van der Waals surface area contributed by atoms with Crippen molar-refractivity contribution in [2.24, 2.45) is 0 Å². The lowest BCUT2D eigenvalue weighted by atomic mass is 9.99. The summed E-state index contributed by atoms with van der Waals surface area (Å²) in [7, 11) is 0. The second-order valence-electron chi connectivity index (χ2n) is 12.4. The first kappa shape index (κ1) is 28.9. The predicted molar refractivity (Wildman–Crippen MR) is 163 cm³/mol. The minimum Gasteiger partial charge on any atom is -0.462 e. The van der Waals surface area contributed by atoms with Crippen LogP contribution in [-0.2, 0) is 20.7 Å². The highest BCUT2D eigenvalue weighted by Gasteiger charge is 2.29. The van der Waals surface area contributed by atoms with E-state index in [2.05, 4.69) is 71.7 Å². The minimum absolute atomic E-state index is 0.161. The van der Waals surface area contributed by atoms with E-state index in [9.17, 15) is 9.59 Å². The lowest BCUT2D eigenvalue weighted by Gasteiger charge is -2.33. The maximum absolute atomic E-state index is 12.6. The molecule has 5 rings (SSSR count). The number of anilines is 1. The number of ether oxygens (including phenoxy) is 2. The zero-order chi connectivity index (χ0) is 29.0. The highest BCUT2D eigenvalue weighted by atomic mass is 16.6. The summed E-state index contributed by atoms with van der Waals surface area (Å²) < 4.78 is 11.2. The maximum Gasteiger partial charge on any atom is 0.410 e. The number of piperidine rings is 1. The Morgan fingerprint density at radius 3 is 2.37 bits per heavy atom. The number of rotatable bonds is 7. The van der Waals surface area contributed by atoms with Crippen LogP contribution in [0.2, 0.25) is 0 Å². The molecule has 1 N–H and O–H groups in total. The molecule has 0 radical (unpaired) electrons. The van der Waals surface area contributed by atoms with E-state index >= 15 is 0 Å². The van der Waals surface area contributed by atoms with E-state index in [1.807, 2.05) is 32.9 Å². The van der Waals surface area contributed by atoms with E-state index < -0.39 is 5.60 Å². The Bertz CT molecular complexity index is 1340. The van der Waals surface area contributed by atoms with Crippen LogP contribution < -0.4 is 10.2 Å². The van der Waals surface area contributed by atoms with E-state index in [0.717, 1.165) is 25.1 Å². The molecule has 0 spiro atoms. The number of nitrogens with one attached hydrogen (secondary N) is 1. The van der Waals surface area contributed by atoms with Crippen LogP contribution in [0.1, 0.15) is 64.1 Å². The molecular formula is C34H43N3O4. The smallest absolute Gasteiger partial charge is 0.410 e. The summed E-state index contributed by atoms with van der Waals surface area (Å²) in [5.41, 5.74) is 2.95. The number of carbonyl (C=O) groups is 2. The van der Waals surface area contributed by atoms with E-state index in [1.54, 1.807) is 4.90 Å². The van der Waals surface area contributed by atoms with Crippen molar-refractivity contribution in [2.45, 2.75) is 77.2 Å². The van der Waals surface area contributed by atoms with Crippen LogP contribution in [0.5, 0.6) is 0 Å². The van der Waals surface area contributed by atoms with Gasteiger partial charge in [-0.1, -0.05) is 54.6 Å². The van der Waals surface area contributed by atoms with Crippen LogP contribution in [0, 0.1) is 0 Å². The first-order valence-corrected chi connectivity index (χ1v) is 14.9. The molecule has 3 aromatic carbocycles. The fourth-order valence-corrected chi connectivity index (χ4v) is 5.90. The zero-order valence-electron chi connectivity index (χ0n) is 24.8. The van der Waals surface area contributed by atoms with Gasteiger partial charge in [0.25, 0.3) is 0 Å². The number of hydrogen-bond donors (Lipinski definition) is 1. The van der Waals surface area contributed by atoms with Crippen LogP contribution in [0.4, 0.5) is 10.5 Å². The second kappa shape index (κ2) is 12.5. The lowest BCUT2D eigenvalue weighted by Crippen LogP contribution is -2.43. The Balaban J connectivity index is 1.07. The third-order valence-corrected chi connectivity index (χ3v) is 8.01. The highest BCUT2D eigenvalue weighted by Crippen LogP contribution is 2.27. The van der Waals surface area contributed by atoms with Crippen LogP contribution in [0.25, 0.3) is 10.8 Å². The van der Waals surface area contributed by atoms with Crippen molar-refractivity contribution in [1.82, 2.24) is 10.2 Å². The summed E-state index contributed by atoms with van der Waals surface area (Å²) in [5.74, 6) is -0.221. The molecule has 1 amide bonds. The van der Waals surface area contributed by atoms with Gasteiger partial charge < -0.3 is 24.6 Å². The lowest BCUT2D eigenvalue weighted by molar-refractivity contribution is -0.150. The Hall–Kier alpha value is -3.58. The fraction of sp³-hybridized carbons (Fsp3) is 0.471. The number of nitrogens with zero attached hydrogens (tertiary/aromatic N) is 2. The Morgan fingerprint density at radius 1 is 0.927 bits per heavy atom. The van der Waals surface area contributed by atoms with Crippen molar-refractivity contribution in [3.63, 3.8) is 0 Å². The number of fused-ring (bicyclic) bond motifs is 1. The average molecular weight is 558 g/mol. The highest BCUT2D eigenvalue weighted by molar-refractivity contribution is 5.86. The van der Waals surface area contributed by atoms with Gasteiger partial charge in [0.15, 0.2) is 0 Å². The van der Waals surface area contributed by atoms with Gasteiger partial charge in [0.2, 0.25) is 0 Å². The molecular weight excluding hydrogens is 514 g/mol. The first-order valence-electron chi connectivity index (χ1n) is 14.9. The third-order valence-electron chi connectivity index (χ3n) is 8.01. The molecule has 0 saturated carbocycles. The molecule has 0 aliphatic carbocycles. The van der Waals surface area contributed by atoms with Crippen LogP contribution in [-0.4, -0.2) is 60.9 Å². The quantitative estimate of drug-likeness (QED) is 0.346. The molecule has 7 nitrogen and oxygen atoms in total. The third kappa shape index (κ3) is 7.59. The number of amides is 1. The summed E-state index contributed by atoms with van der Waals surface area (Å²) in [6, 6.07) is 24.1.